The van der Waals surface area contributed by atoms with Crippen molar-refractivity contribution in [3.63, 3.8) is 0 Å². The molecule has 2 rings (SSSR count). The van der Waals surface area contributed by atoms with Crippen LogP contribution in [0.5, 0.6) is 0 Å². The van der Waals surface area contributed by atoms with Crippen LogP contribution in [0.3, 0.4) is 0 Å². The summed E-state index contributed by atoms with van der Waals surface area (Å²) in [5.41, 5.74) is 7.33. The summed E-state index contributed by atoms with van der Waals surface area (Å²) >= 11 is 0. The number of carbonyl (C=O) groups is 1. The van der Waals surface area contributed by atoms with E-state index in [0.717, 1.165) is 29.7 Å². The maximum absolute atomic E-state index is 12.3. The van der Waals surface area contributed by atoms with Crippen molar-refractivity contribution in [2.24, 2.45) is 11.1 Å². The Bertz CT molecular complexity index is 570. The largest absolute Gasteiger partial charge is 0.355 e. The van der Waals surface area contributed by atoms with E-state index in [2.05, 4.69) is 15.3 Å². The highest BCUT2D eigenvalue weighted by Gasteiger charge is 2.32. The van der Waals surface area contributed by atoms with Crippen LogP contribution in [0.1, 0.15) is 32.5 Å². The number of rotatable bonds is 7. The Morgan fingerprint density at radius 1 is 1.26 bits per heavy atom. The van der Waals surface area contributed by atoms with Crippen LogP contribution < -0.4 is 11.1 Å². The van der Waals surface area contributed by atoms with Crippen LogP contribution in [-0.4, -0.2) is 29.0 Å². The average Bonchev–Trinajstić information content (AvgIpc) is 2.92. The molecule has 2 aromatic rings. The first-order valence-electron chi connectivity index (χ1n) is 7.57. The predicted octanol–water partition coefficient (Wildman–Crippen LogP) is 2.83. The van der Waals surface area contributed by atoms with Gasteiger partial charge in [0.15, 0.2) is 0 Å². The lowest BCUT2D eigenvalue weighted by Crippen LogP contribution is -2.45. The Hall–Kier alpha value is -1.30. The first kappa shape index (κ1) is 21.7. The highest BCUT2D eigenvalue weighted by atomic mass is 35.5. The number of para-hydroxylation sites is 2. The Morgan fingerprint density at radius 3 is 2.48 bits per heavy atom. The smallest absolute Gasteiger partial charge is 0.227 e. The number of aromatic amines is 1. The van der Waals surface area contributed by atoms with Gasteiger partial charge in [0.25, 0.3) is 0 Å². The lowest BCUT2D eigenvalue weighted by Gasteiger charge is -2.28. The number of amides is 1. The second-order valence-corrected chi connectivity index (χ2v) is 5.40. The Balaban J connectivity index is 0.00000242. The second kappa shape index (κ2) is 9.75. The van der Waals surface area contributed by atoms with E-state index in [1.807, 2.05) is 38.1 Å². The molecular weight excluding hydrogens is 335 g/mol. The summed E-state index contributed by atoms with van der Waals surface area (Å²) in [4.78, 5) is 20.1. The van der Waals surface area contributed by atoms with Gasteiger partial charge in [-0.25, -0.2) is 4.98 Å². The van der Waals surface area contributed by atoms with Crippen molar-refractivity contribution in [1.29, 1.82) is 0 Å². The van der Waals surface area contributed by atoms with Crippen molar-refractivity contribution in [2.75, 3.05) is 13.1 Å². The third-order valence-corrected chi connectivity index (χ3v) is 4.31. The Morgan fingerprint density at radius 2 is 1.91 bits per heavy atom. The van der Waals surface area contributed by atoms with Gasteiger partial charge in [-0.3, -0.25) is 4.79 Å². The maximum atomic E-state index is 12.3. The van der Waals surface area contributed by atoms with E-state index in [4.69, 9.17) is 5.73 Å². The molecule has 0 radical (unpaired) electrons. The molecule has 0 aliphatic carbocycles. The molecule has 7 heteroatoms. The van der Waals surface area contributed by atoms with Gasteiger partial charge in [0.2, 0.25) is 5.91 Å². The molecule has 4 N–H and O–H groups in total. The number of nitrogens with one attached hydrogen (secondary N) is 2. The minimum absolute atomic E-state index is 0. The summed E-state index contributed by atoms with van der Waals surface area (Å²) in [6, 6.07) is 7.91. The monoisotopic (exact) mass is 360 g/mol. The molecule has 0 bridgehead atoms. The fourth-order valence-electron chi connectivity index (χ4n) is 2.56. The lowest BCUT2D eigenvalue weighted by molar-refractivity contribution is -0.131. The quantitative estimate of drug-likeness (QED) is 0.709. The number of hydrogen-bond acceptors (Lipinski definition) is 3. The molecule has 0 saturated heterocycles. The van der Waals surface area contributed by atoms with Crippen LogP contribution in [0.15, 0.2) is 24.3 Å². The molecule has 1 amide bonds. The molecule has 0 saturated carbocycles. The summed E-state index contributed by atoms with van der Waals surface area (Å²) in [5.74, 6) is 0.939. The minimum Gasteiger partial charge on any atom is -0.355 e. The molecule has 0 fully saturated rings. The van der Waals surface area contributed by atoms with Crippen molar-refractivity contribution in [2.45, 2.75) is 33.1 Å². The van der Waals surface area contributed by atoms with Gasteiger partial charge in [0.05, 0.1) is 16.4 Å². The molecule has 1 heterocycles. The van der Waals surface area contributed by atoms with Crippen molar-refractivity contribution in [1.82, 2.24) is 15.3 Å². The van der Waals surface area contributed by atoms with Crippen molar-refractivity contribution < 1.29 is 4.79 Å². The molecule has 23 heavy (non-hydrogen) atoms. The zero-order chi connectivity index (χ0) is 15.3. The average molecular weight is 361 g/mol. The number of halogens is 2. The van der Waals surface area contributed by atoms with Gasteiger partial charge in [0.1, 0.15) is 5.82 Å². The number of benzene rings is 1. The van der Waals surface area contributed by atoms with Gasteiger partial charge < -0.3 is 16.0 Å². The highest BCUT2D eigenvalue weighted by Crippen LogP contribution is 2.24. The number of nitrogens with zero attached hydrogens (tertiary/aromatic N) is 1. The first-order chi connectivity index (χ1) is 10.1. The maximum Gasteiger partial charge on any atom is 0.227 e. The molecule has 1 aromatic carbocycles. The molecular formula is C16H26Cl2N4O. The van der Waals surface area contributed by atoms with Crippen molar-refractivity contribution in [3.8, 4) is 0 Å². The number of hydrogen-bond donors (Lipinski definition) is 3. The number of carbonyl (C=O) groups excluding carboxylic acids is 1. The van der Waals surface area contributed by atoms with Crippen LogP contribution in [0.25, 0.3) is 11.0 Å². The number of fused-ring (bicyclic) bond motifs is 1. The SMILES string of the molecule is CCC(CC)(CN)C(=O)NCCc1nc2ccccc2[nH]1.Cl.Cl. The third-order valence-electron chi connectivity index (χ3n) is 4.31. The fourth-order valence-corrected chi connectivity index (χ4v) is 2.56. The summed E-state index contributed by atoms with van der Waals surface area (Å²) < 4.78 is 0. The Labute approximate surface area is 149 Å². The van der Waals surface area contributed by atoms with E-state index < -0.39 is 5.41 Å². The minimum atomic E-state index is -0.437. The van der Waals surface area contributed by atoms with Gasteiger partial charge in [-0.15, -0.1) is 24.8 Å². The molecule has 0 spiro atoms. The van der Waals surface area contributed by atoms with Crippen molar-refractivity contribution >= 4 is 41.8 Å². The molecule has 0 atom stereocenters. The van der Waals surface area contributed by atoms with E-state index in [9.17, 15) is 4.79 Å². The van der Waals surface area contributed by atoms with Crippen LogP contribution in [-0.2, 0) is 11.2 Å². The van der Waals surface area contributed by atoms with Gasteiger partial charge >= 0.3 is 0 Å². The zero-order valence-electron chi connectivity index (χ0n) is 13.6. The first-order valence-corrected chi connectivity index (χ1v) is 7.57. The van der Waals surface area contributed by atoms with Crippen LogP contribution >= 0.6 is 24.8 Å². The summed E-state index contributed by atoms with van der Waals surface area (Å²) in [7, 11) is 0. The third kappa shape index (κ3) is 4.83. The topological polar surface area (TPSA) is 83.8 Å². The van der Waals surface area contributed by atoms with E-state index in [1.165, 1.54) is 0 Å². The summed E-state index contributed by atoms with van der Waals surface area (Å²) in [5, 5.41) is 2.99. The van der Waals surface area contributed by atoms with E-state index in [0.29, 0.717) is 19.5 Å². The van der Waals surface area contributed by atoms with Crippen LogP contribution in [0, 0.1) is 5.41 Å². The lowest BCUT2D eigenvalue weighted by atomic mass is 9.81. The van der Waals surface area contributed by atoms with E-state index >= 15 is 0 Å². The van der Waals surface area contributed by atoms with Gasteiger partial charge in [-0.05, 0) is 25.0 Å². The summed E-state index contributed by atoms with van der Waals surface area (Å²) in [6.07, 6.45) is 2.21. The number of H-pyrrole nitrogens is 1. The molecule has 130 valence electrons. The van der Waals surface area contributed by atoms with Crippen LogP contribution in [0.2, 0.25) is 0 Å². The zero-order valence-corrected chi connectivity index (χ0v) is 15.2. The molecule has 0 aliphatic rings. The van der Waals surface area contributed by atoms with Gasteiger partial charge in [-0.1, -0.05) is 26.0 Å². The van der Waals surface area contributed by atoms with E-state index in [1.54, 1.807) is 0 Å². The fraction of sp³-hybridized carbons (Fsp3) is 0.500. The summed E-state index contributed by atoms with van der Waals surface area (Å²) in [6.45, 7) is 4.97. The number of nitrogens with two attached hydrogens (primary N) is 1. The molecule has 1 aromatic heterocycles. The normalized spacial score (nSPS) is 10.7. The molecule has 0 aliphatic heterocycles. The van der Waals surface area contributed by atoms with E-state index in [-0.39, 0.29) is 30.7 Å². The van der Waals surface area contributed by atoms with Gasteiger partial charge in [-0.2, -0.15) is 0 Å². The molecule has 5 nitrogen and oxygen atoms in total. The predicted molar refractivity (Wildman–Crippen MR) is 99.4 cm³/mol. The number of imidazole rings is 1. The van der Waals surface area contributed by atoms with Crippen molar-refractivity contribution in [3.05, 3.63) is 30.1 Å². The number of aromatic nitrogens is 2. The highest BCUT2D eigenvalue weighted by molar-refractivity contribution is 5.85. The standard InChI is InChI=1S/C16H24N4O.2ClH/c1-3-16(4-2,11-17)15(21)18-10-9-14-19-12-7-5-6-8-13(12)20-14;;/h5-8H,3-4,9-11,17H2,1-2H3,(H,18,21)(H,19,20);2*1H. The Kier molecular flexibility index (Phi) is 9.20. The van der Waals surface area contributed by atoms with Crippen LogP contribution in [0.4, 0.5) is 0 Å². The second-order valence-electron chi connectivity index (χ2n) is 5.40. The van der Waals surface area contributed by atoms with Gasteiger partial charge in [0, 0.05) is 19.5 Å². The molecule has 0 unspecified atom stereocenters.